The molecule has 2 amide bonds. The molecular formula is C50H41F3N10O3. The first kappa shape index (κ1) is 44.0. The quantitative estimate of drug-likeness (QED) is 0.0711. The van der Waals surface area contributed by atoms with Crippen molar-refractivity contribution in [3.63, 3.8) is 0 Å². The number of aryl methyl sites for hydroxylation is 2. The lowest BCUT2D eigenvalue weighted by Gasteiger charge is -2.16. The summed E-state index contributed by atoms with van der Waals surface area (Å²) in [6, 6.07) is 24.0. The van der Waals surface area contributed by atoms with Crippen LogP contribution >= 0.6 is 0 Å². The van der Waals surface area contributed by atoms with Crippen LogP contribution in [0.15, 0.2) is 147 Å². The molecule has 3 N–H and O–H groups in total. The van der Waals surface area contributed by atoms with E-state index in [9.17, 15) is 22.8 Å². The van der Waals surface area contributed by atoms with Crippen molar-refractivity contribution in [3.8, 4) is 40.8 Å². The first-order valence-electron chi connectivity index (χ1n) is 20.9. The molecule has 0 aliphatic rings. The maximum atomic E-state index is 13.8. The van der Waals surface area contributed by atoms with Crippen molar-refractivity contribution in [2.24, 2.45) is 0 Å². The van der Waals surface area contributed by atoms with E-state index in [0.717, 1.165) is 30.5 Å². The molecule has 0 unspecified atom stereocenters. The number of carbonyl (C=O) groups is 2. The predicted octanol–water partition coefficient (Wildman–Crippen LogP) is 7.56. The molecule has 8 rings (SSSR count). The van der Waals surface area contributed by atoms with Crippen molar-refractivity contribution in [3.05, 3.63) is 197 Å². The van der Waals surface area contributed by atoms with Gasteiger partial charge in [-0.1, -0.05) is 41.9 Å². The molecule has 0 aliphatic carbocycles. The normalized spacial score (nSPS) is 11.0. The lowest BCUT2D eigenvalue weighted by molar-refractivity contribution is -0.137. The number of benzene rings is 4. The zero-order chi connectivity index (χ0) is 45.7. The molecule has 0 radical (unpaired) electrons. The fourth-order valence-corrected chi connectivity index (χ4v) is 6.99. The highest BCUT2D eigenvalue weighted by Crippen LogP contribution is 2.30. The fraction of sp³-hybridized carbons (Fsp3) is 0.160. The van der Waals surface area contributed by atoms with Gasteiger partial charge < -0.3 is 19.9 Å². The van der Waals surface area contributed by atoms with Gasteiger partial charge in [-0.05, 0) is 97.6 Å². The van der Waals surface area contributed by atoms with Gasteiger partial charge in [0.15, 0.2) is 0 Å². The van der Waals surface area contributed by atoms with Gasteiger partial charge in [0.1, 0.15) is 12.4 Å². The van der Waals surface area contributed by atoms with Gasteiger partial charge in [0.2, 0.25) is 0 Å². The monoisotopic (exact) mass is 886 g/mol. The molecule has 4 aromatic carbocycles. The van der Waals surface area contributed by atoms with Crippen molar-refractivity contribution >= 4 is 11.8 Å². The number of amides is 2. The molecule has 0 fully saturated rings. The third kappa shape index (κ3) is 11.3. The Kier molecular flexibility index (Phi) is 13.8. The summed E-state index contributed by atoms with van der Waals surface area (Å²) >= 11 is 0. The second-order valence-corrected chi connectivity index (χ2v) is 14.9. The Hall–Kier alpha value is -8.63. The molecule has 330 valence electrons. The summed E-state index contributed by atoms with van der Waals surface area (Å²) < 4.78 is 52.5. The van der Waals surface area contributed by atoms with Gasteiger partial charge in [0.25, 0.3) is 11.8 Å². The highest BCUT2D eigenvalue weighted by atomic mass is 19.4. The highest BCUT2D eigenvalue weighted by molar-refractivity contribution is 5.96. The predicted molar refractivity (Wildman–Crippen MR) is 240 cm³/mol. The third-order valence-electron chi connectivity index (χ3n) is 10.2. The number of halogens is 3. The van der Waals surface area contributed by atoms with Crippen molar-refractivity contribution in [1.82, 2.24) is 49.9 Å². The summed E-state index contributed by atoms with van der Waals surface area (Å²) in [5.41, 5.74) is 4.15. The number of nitrogens with zero attached hydrogens (tertiary/aromatic N) is 7. The average Bonchev–Trinajstić information content (AvgIpc) is 4.20. The van der Waals surface area contributed by atoms with Crippen molar-refractivity contribution in [2.45, 2.75) is 38.6 Å². The van der Waals surface area contributed by atoms with Gasteiger partial charge in [-0.15, -0.1) is 0 Å². The summed E-state index contributed by atoms with van der Waals surface area (Å²) in [7, 11) is 0. The number of aromatic nitrogens is 8. The first-order valence-corrected chi connectivity index (χ1v) is 20.9. The van der Waals surface area contributed by atoms with Crippen LogP contribution < -0.4 is 15.4 Å². The fourth-order valence-electron chi connectivity index (χ4n) is 6.99. The molecule has 0 atom stereocenters. The topological polar surface area (TPSA) is 150 Å². The van der Waals surface area contributed by atoms with Crippen LogP contribution in [0.3, 0.4) is 0 Å². The average molecular weight is 887 g/mol. The second kappa shape index (κ2) is 20.7. The Labute approximate surface area is 377 Å². The number of carbonyl (C=O) groups excluding carboxylic acids is 2. The summed E-state index contributed by atoms with van der Waals surface area (Å²) in [5.74, 6) is 12.2. The maximum Gasteiger partial charge on any atom is 0.416 e. The standard InChI is InChI=1S/C50H41F3N10O3/c51-50(52,53)44-11-3-8-36(28-44)13-14-40-30-42(49(65)56-20-5-24-61-27-23-54-35-61)31-43(47(40)63-26-7-22-60-63)34-66-46-12-2-1-10-38(46)15-16-39-29-41(17-18-45(39)62-25-6-21-59-62)48(64)55-19-4-9-37-32-57-58-33-37/h1-3,6-8,10-12,17-18,21-23,25-33,35H,4-5,9,19-20,24,34H2,(H,55,64)(H,56,65)(H,57,58). The van der Waals surface area contributed by atoms with Crippen LogP contribution in [0.4, 0.5) is 13.2 Å². The Bertz CT molecular complexity index is 3030. The van der Waals surface area contributed by atoms with Crippen LogP contribution in [0.2, 0.25) is 0 Å². The van der Waals surface area contributed by atoms with E-state index in [1.54, 1.807) is 114 Å². The van der Waals surface area contributed by atoms with Crippen LogP contribution in [-0.4, -0.2) is 64.2 Å². The molecule has 16 heteroatoms. The number of nitrogens with one attached hydrogen (secondary N) is 3. The number of imidazole rings is 1. The highest BCUT2D eigenvalue weighted by Gasteiger charge is 2.30. The lowest BCUT2D eigenvalue weighted by atomic mass is 10.0. The largest absolute Gasteiger partial charge is 0.488 e. The number of ether oxygens (including phenoxy) is 1. The summed E-state index contributed by atoms with van der Waals surface area (Å²) in [4.78, 5) is 31.1. The van der Waals surface area contributed by atoms with Gasteiger partial charge in [-0.25, -0.2) is 14.3 Å². The number of alkyl halides is 3. The van der Waals surface area contributed by atoms with Crippen LogP contribution in [-0.2, 0) is 25.7 Å². The van der Waals surface area contributed by atoms with E-state index in [-0.39, 0.29) is 29.5 Å². The van der Waals surface area contributed by atoms with Crippen LogP contribution in [0.1, 0.15) is 72.5 Å². The van der Waals surface area contributed by atoms with Crippen LogP contribution in [0, 0.1) is 23.7 Å². The number of hydrogen-bond donors (Lipinski definition) is 3. The van der Waals surface area contributed by atoms with E-state index in [2.05, 4.69) is 59.7 Å². The van der Waals surface area contributed by atoms with E-state index >= 15 is 0 Å². The number of H-pyrrole nitrogens is 1. The second-order valence-electron chi connectivity index (χ2n) is 14.9. The molecule has 13 nitrogen and oxygen atoms in total. The number of aromatic amines is 1. The van der Waals surface area contributed by atoms with Crippen LogP contribution in [0.25, 0.3) is 11.4 Å². The molecule has 4 heterocycles. The van der Waals surface area contributed by atoms with Crippen molar-refractivity contribution < 1.29 is 27.5 Å². The minimum absolute atomic E-state index is 0.0807. The van der Waals surface area contributed by atoms with Crippen molar-refractivity contribution in [2.75, 3.05) is 13.1 Å². The van der Waals surface area contributed by atoms with Crippen molar-refractivity contribution in [1.29, 1.82) is 0 Å². The molecule has 0 bridgehead atoms. The SMILES string of the molecule is O=C(NCCCc1cn[nH]c1)c1ccc(-n2cccn2)c(C#Cc2ccccc2OCc2cc(C(=O)NCCCn3ccnc3)cc(C#Cc3cccc(C(F)(F)F)c3)c2-n2cccn2)c1. The smallest absolute Gasteiger partial charge is 0.416 e. The Morgan fingerprint density at radius 3 is 2.24 bits per heavy atom. The van der Waals surface area contributed by atoms with E-state index in [0.29, 0.717) is 71.0 Å². The Balaban J connectivity index is 1.09. The zero-order valence-electron chi connectivity index (χ0n) is 35.3. The van der Waals surface area contributed by atoms with Gasteiger partial charge in [-0.3, -0.25) is 14.7 Å². The summed E-state index contributed by atoms with van der Waals surface area (Å²) in [6.07, 6.45) is 13.1. The molecular weight excluding hydrogens is 846 g/mol. The minimum atomic E-state index is -4.55. The van der Waals surface area contributed by atoms with Gasteiger partial charge >= 0.3 is 6.18 Å². The van der Waals surface area contributed by atoms with Gasteiger partial charge in [-0.2, -0.15) is 28.5 Å². The number of para-hydroxylation sites is 1. The molecule has 8 aromatic rings. The Morgan fingerprint density at radius 1 is 0.727 bits per heavy atom. The summed E-state index contributed by atoms with van der Waals surface area (Å²) in [5, 5.41) is 21.6. The molecule has 4 aromatic heterocycles. The third-order valence-corrected chi connectivity index (χ3v) is 10.2. The first-order chi connectivity index (χ1) is 32.2. The van der Waals surface area contributed by atoms with Crippen LogP contribution in [0.5, 0.6) is 5.75 Å². The minimum Gasteiger partial charge on any atom is -0.488 e. The van der Waals surface area contributed by atoms with E-state index in [1.807, 2.05) is 23.0 Å². The molecule has 0 aliphatic heterocycles. The van der Waals surface area contributed by atoms with E-state index in [1.165, 1.54) is 12.1 Å². The number of rotatable bonds is 15. The number of hydrogen-bond acceptors (Lipinski definition) is 7. The van der Waals surface area contributed by atoms with Gasteiger partial charge in [0.05, 0.1) is 46.2 Å². The maximum absolute atomic E-state index is 13.8. The molecule has 0 saturated heterocycles. The molecule has 0 spiro atoms. The van der Waals surface area contributed by atoms with E-state index in [4.69, 9.17) is 4.74 Å². The zero-order valence-corrected chi connectivity index (χ0v) is 35.3. The molecule has 66 heavy (non-hydrogen) atoms. The Morgan fingerprint density at radius 2 is 1.48 bits per heavy atom. The summed E-state index contributed by atoms with van der Waals surface area (Å²) in [6.45, 7) is 1.40. The van der Waals surface area contributed by atoms with Gasteiger partial charge in [0, 0.05) is 85.3 Å². The van der Waals surface area contributed by atoms with E-state index < -0.39 is 11.7 Å². The molecule has 0 saturated carbocycles. The lowest BCUT2D eigenvalue weighted by Crippen LogP contribution is -2.26.